The van der Waals surface area contributed by atoms with E-state index in [2.05, 4.69) is 6.92 Å². The molecule has 1 aliphatic heterocycles. The highest BCUT2D eigenvalue weighted by Crippen LogP contribution is 2.40. The number of aryl methyl sites for hydroxylation is 1. The average molecular weight is 510 g/mol. The van der Waals surface area contributed by atoms with Crippen molar-refractivity contribution in [3.05, 3.63) is 64.7 Å². The van der Waals surface area contributed by atoms with Crippen LogP contribution in [0, 0.1) is 6.92 Å². The number of Topliss-reactive ketones (excluding diaryl/α,β-unsaturated/α-hetero) is 1. The maximum absolute atomic E-state index is 13.2. The highest BCUT2D eigenvalue weighted by atomic mass is 16.5. The van der Waals surface area contributed by atoms with Crippen molar-refractivity contribution in [1.29, 1.82) is 0 Å². The van der Waals surface area contributed by atoms with Crippen molar-refractivity contribution in [3.8, 4) is 11.5 Å². The highest BCUT2D eigenvalue weighted by Gasteiger charge is 2.46. The SMILES string of the molecule is CCCCOc1ccc(/C(O)=C2\C(=O)C(=O)N(CCN(C)C)C2c2ccc(OCC(N)=O)cc2)c(C)c1. The van der Waals surface area contributed by atoms with E-state index in [9.17, 15) is 19.5 Å². The lowest BCUT2D eigenvalue weighted by Gasteiger charge is -2.26. The van der Waals surface area contributed by atoms with Crippen molar-refractivity contribution in [3.63, 3.8) is 0 Å². The van der Waals surface area contributed by atoms with E-state index in [1.54, 1.807) is 36.4 Å². The Morgan fingerprint density at radius 2 is 1.76 bits per heavy atom. The van der Waals surface area contributed by atoms with Crippen LogP contribution in [-0.4, -0.2) is 72.9 Å². The average Bonchev–Trinajstić information content (AvgIpc) is 3.11. The monoisotopic (exact) mass is 509 g/mol. The van der Waals surface area contributed by atoms with Crippen molar-refractivity contribution < 1.29 is 29.0 Å². The summed E-state index contributed by atoms with van der Waals surface area (Å²) < 4.78 is 11.1. The van der Waals surface area contributed by atoms with Gasteiger partial charge in [-0.05, 0) is 68.9 Å². The maximum Gasteiger partial charge on any atom is 0.295 e. The molecule has 198 valence electrons. The number of carbonyl (C=O) groups excluding carboxylic acids is 3. The number of likely N-dealkylation sites (tertiary alicyclic amines) is 1. The molecule has 9 nitrogen and oxygen atoms in total. The number of rotatable bonds is 12. The number of nitrogens with zero attached hydrogens (tertiary/aromatic N) is 2. The van der Waals surface area contributed by atoms with E-state index in [4.69, 9.17) is 15.2 Å². The zero-order valence-electron chi connectivity index (χ0n) is 21.8. The molecule has 0 aliphatic carbocycles. The Morgan fingerprint density at radius 1 is 1.08 bits per heavy atom. The molecular formula is C28H35N3O6. The molecule has 1 aliphatic rings. The predicted molar refractivity (Wildman–Crippen MR) is 140 cm³/mol. The third-order valence-electron chi connectivity index (χ3n) is 6.12. The summed E-state index contributed by atoms with van der Waals surface area (Å²) in [7, 11) is 3.76. The van der Waals surface area contributed by atoms with Gasteiger partial charge < -0.3 is 30.1 Å². The van der Waals surface area contributed by atoms with Gasteiger partial charge in [0.25, 0.3) is 17.6 Å². The van der Waals surface area contributed by atoms with Crippen LogP contribution >= 0.6 is 0 Å². The minimum Gasteiger partial charge on any atom is -0.507 e. The zero-order chi connectivity index (χ0) is 27.1. The fraction of sp³-hybridized carbons (Fsp3) is 0.393. The van der Waals surface area contributed by atoms with Crippen LogP contribution in [0.25, 0.3) is 5.76 Å². The van der Waals surface area contributed by atoms with Gasteiger partial charge in [-0.1, -0.05) is 25.5 Å². The van der Waals surface area contributed by atoms with E-state index < -0.39 is 23.6 Å². The Labute approximate surface area is 217 Å². The smallest absolute Gasteiger partial charge is 0.295 e. The number of ketones is 1. The van der Waals surface area contributed by atoms with Gasteiger partial charge in [0, 0.05) is 18.7 Å². The van der Waals surface area contributed by atoms with E-state index in [1.807, 2.05) is 32.0 Å². The van der Waals surface area contributed by atoms with Crippen LogP contribution in [0.1, 0.15) is 42.5 Å². The van der Waals surface area contributed by atoms with Crippen molar-refractivity contribution in [1.82, 2.24) is 9.80 Å². The molecule has 9 heteroatoms. The Hall–Kier alpha value is -3.85. The fourth-order valence-corrected chi connectivity index (χ4v) is 4.14. The Balaban J connectivity index is 2.03. The quantitative estimate of drug-likeness (QED) is 0.195. The lowest BCUT2D eigenvalue weighted by molar-refractivity contribution is -0.140. The summed E-state index contributed by atoms with van der Waals surface area (Å²) in [6.07, 6.45) is 1.95. The number of hydrogen-bond donors (Lipinski definition) is 2. The minimum atomic E-state index is -0.787. The lowest BCUT2D eigenvalue weighted by Crippen LogP contribution is -2.35. The highest BCUT2D eigenvalue weighted by molar-refractivity contribution is 6.46. The van der Waals surface area contributed by atoms with Crippen LogP contribution in [0.4, 0.5) is 0 Å². The van der Waals surface area contributed by atoms with Gasteiger partial charge in [-0.25, -0.2) is 0 Å². The molecule has 2 aromatic carbocycles. The van der Waals surface area contributed by atoms with Crippen molar-refractivity contribution >= 4 is 23.4 Å². The molecule has 1 unspecified atom stereocenters. The van der Waals surface area contributed by atoms with Crippen LogP contribution in [-0.2, 0) is 14.4 Å². The Morgan fingerprint density at radius 3 is 2.35 bits per heavy atom. The molecule has 1 fully saturated rings. The first kappa shape index (κ1) is 27.7. The van der Waals surface area contributed by atoms with Crippen LogP contribution in [0.2, 0.25) is 0 Å². The number of amides is 2. The van der Waals surface area contributed by atoms with Crippen molar-refractivity contribution in [2.24, 2.45) is 5.73 Å². The van der Waals surface area contributed by atoms with Gasteiger partial charge in [0.2, 0.25) is 0 Å². The fourth-order valence-electron chi connectivity index (χ4n) is 4.14. The number of nitrogens with two attached hydrogens (primary N) is 1. The van der Waals surface area contributed by atoms with Crippen LogP contribution in [0.3, 0.4) is 0 Å². The molecule has 1 atom stereocenters. The molecule has 0 radical (unpaired) electrons. The molecule has 3 N–H and O–H groups in total. The normalized spacial score (nSPS) is 16.9. The van der Waals surface area contributed by atoms with E-state index in [-0.39, 0.29) is 17.9 Å². The number of primary amides is 1. The van der Waals surface area contributed by atoms with Crippen LogP contribution in [0.5, 0.6) is 11.5 Å². The van der Waals surface area contributed by atoms with Gasteiger partial charge in [-0.15, -0.1) is 0 Å². The summed E-state index contributed by atoms with van der Waals surface area (Å²) in [5.74, 6) is -1.14. The number of benzene rings is 2. The number of aliphatic hydroxyl groups is 1. The minimum absolute atomic E-state index is 0.0253. The van der Waals surface area contributed by atoms with Crippen molar-refractivity contribution in [2.75, 3.05) is 40.4 Å². The molecule has 1 saturated heterocycles. The van der Waals surface area contributed by atoms with E-state index >= 15 is 0 Å². The summed E-state index contributed by atoms with van der Waals surface area (Å²) in [6.45, 7) is 5.06. The maximum atomic E-state index is 13.2. The first-order valence-corrected chi connectivity index (χ1v) is 12.3. The summed E-state index contributed by atoms with van der Waals surface area (Å²) in [6, 6.07) is 11.2. The number of aliphatic hydroxyl groups excluding tert-OH is 1. The molecular weight excluding hydrogens is 474 g/mol. The molecule has 0 bridgehead atoms. The zero-order valence-corrected chi connectivity index (χ0v) is 21.8. The molecule has 3 rings (SSSR count). The third kappa shape index (κ3) is 6.68. The number of hydrogen-bond acceptors (Lipinski definition) is 7. The summed E-state index contributed by atoms with van der Waals surface area (Å²) in [5.41, 5.74) is 6.98. The first-order chi connectivity index (χ1) is 17.6. The largest absolute Gasteiger partial charge is 0.507 e. The van der Waals surface area contributed by atoms with Gasteiger partial charge in [0.05, 0.1) is 18.2 Å². The second kappa shape index (κ2) is 12.4. The standard InChI is InChI=1S/C28H35N3O6/c1-5-6-15-36-21-11-12-22(18(2)16-21)26(33)24-25(31(14-13-30(3)4)28(35)27(24)34)19-7-9-20(10-8-19)37-17-23(29)32/h7-12,16,25,33H,5-6,13-15,17H2,1-4H3,(H2,29,32)/b26-24+. The number of carbonyl (C=O) groups is 3. The van der Waals surface area contributed by atoms with Gasteiger partial charge >= 0.3 is 0 Å². The van der Waals surface area contributed by atoms with E-state index in [1.165, 1.54) is 4.90 Å². The summed E-state index contributed by atoms with van der Waals surface area (Å²) >= 11 is 0. The second-order valence-electron chi connectivity index (χ2n) is 9.30. The molecule has 1 heterocycles. The second-order valence-corrected chi connectivity index (χ2v) is 9.30. The van der Waals surface area contributed by atoms with E-state index in [0.717, 1.165) is 18.4 Å². The number of likely N-dealkylation sites (N-methyl/N-ethyl adjacent to an activating group) is 1. The Kier molecular flexibility index (Phi) is 9.30. The van der Waals surface area contributed by atoms with E-state index in [0.29, 0.717) is 42.3 Å². The molecule has 0 aromatic heterocycles. The topological polar surface area (TPSA) is 122 Å². The first-order valence-electron chi connectivity index (χ1n) is 12.3. The number of unbranched alkanes of at least 4 members (excludes halogenated alkanes) is 1. The van der Waals surface area contributed by atoms with Crippen LogP contribution < -0.4 is 15.2 Å². The van der Waals surface area contributed by atoms with Crippen LogP contribution in [0.15, 0.2) is 48.0 Å². The number of ether oxygens (including phenoxy) is 2. The summed E-state index contributed by atoms with van der Waals surface area (Å²) in [5, 5.41) is 11.4. The van der Waals surface area contributed by atoms with Gasteiger partial charge in [-0.2, -0.15) is 0 Å². The van der Waals surface area contributed by atoms with Gasteiger partial charge in [-0.3, -0.25) is 14.4 Å². The van der Waals surface area contributed by atoms with Gasteiger partial charge in [0.1, 0.15) is 17.3 Å². The lowest BCUT2D eigenvalue weighted by atomic mass is 9.94. The molecule has 0 saturated carbocycles. The molecule has 2 amide bonds. The predicted octanol–water partition coefficient (Wildman–Crippen LogP) is 3.02. The molecule has 37 heavy (non-hydrogen) atoms. The molecule has 0 spiro atoms. The summed E-state index contributed by atoms with van der Waals surface area (Å²) in [4.78, 5) is 40.7. The Bertz CT molecular complexity index is 1170. The van der Waals surface area contributed by atoms with Gasteiger partial charge in [0.15, 0.2) is 6.61 Å². The van der Waals surface area contributed by atoms with Crippen molar-refractivity contribution in [2.45, 2.75) is 32.7 Å². The molecule has 2 aromatic rings. The third-order valence-corrected chi connectivity index (χ3v) is 6.12.